The van der Waals surface area contributed by atoms with Crippen molar-refractivity contribution in [2.75, 3.05) is 78.3 Å². The average molecular weight is 1130 g/mol. The van der Waals surface area contributed by atoms with Gasteiger partial charge in [0.15, 0.2) is 32.6 Å². The van der Waals surface area contributed by atoms with Crippen LogP contribution in [0.3, 0.4) is 0 Å². The van der Waals surface area contributed by atoms with E-state index in [9.17, 15) is 26.4 Å². The lowest BCUT2D eigenvalue weighted by Crippen LogP contribution is -2.26. The number of amides is 2. The number of sulfonamides is 2. The third-order valence-electron chi connectivity index (χ3n) is 14.4. The van der Waals surface area contributed by atoms with Crippen LogP contribution in [0.25, 0.3) is 50.3 Å². The zero-order valence-electron chi connectivity index (χ0n) is 44.5. The predicted octanol–water partition coefficient (Wildman–Crippen LogP) is 9.49. The van der Waals surface area contributed by atoms with Crippen LogP contribution in [-0.2, 0) is 29.6 Å². The molecule has 2 amide bonds. The molecule has 414 valence electrons. The van der Waals surface area contributed by atoms with E-state index in [1.165, 1.54) is 79.1 Å². The van der Waals surface area contributed by atoms with Gasteiger partial charge in [-0.15, -0.1) is 0 Å². The summed E-state index contributed by atoms with van der Waals surface area (Å²) in [5, 5.41) is 8.77. The number of nitrogens with one attached hydrogen (secondary N) is 2. The fourth-order valence-electron chi connectivity index (χ4n) is 10.5. The van der Waals surface area contributed by atoms with Crippen LogP contribution in [0.4, 0.5) is 11.6 Å². The van der Waals surface area contributed by atoms with Gasteiger partial charge in [-0.1, -0.05) is 71.5 Å². The number of rotatable bonds is 19. The topological polar surface area (TPSA) is 240 Å². The largest absolute Gasteiger partial charge is 0.496 e. The van der Waals surface area contributed by atoms with Gasteiger partial charge >= 0.3 is 0 Å². The molecule has 2 aliphatic rings. The summed E-state index contributed by atoms with van der Waals surface area (Å²) in [5.74, 6) is 0.0579. The first-order valence-corrected chi connectivity index (χ1v) is 28.1. The van der Waals surface area contributed by atoms with Crippen molar-refractivity contribution in [1.29, 1.82) is 0 Å². The van der Waals surface area contributed by atoms with Crippen molar-refractivity contribution in [2.24, 2.45) is 0 Å². The molecule has 20 nitrogen and oxygen atoms in total. The van der Waals surface area contributed by atoms with Gasteiger partial charge in [0.05, 0.1) is 42.7 Å². The van der Waals surface area contributed by atoms with Crippen molar-refractivity contribution < 1.29 is 63.9 Å². The van der Waals surface area contributed by atoms with Gasteiger partial charge < -0.3 is 47.3 Å². The van der Waals surface area contributed by atoms with Crippen molar-refractivity contribution in [1.82, 2.24) is 20.1 Å². The second-order valence-electron chi connectivity index (χ2n) is 18.9. The lowest BCUT2D eigenvalue weighted by atomic mass is 9.89. The van der Waals surface area contributed by atoms with Gasteiger partial charge in [-0.25, -0.2) is 16.8 Å². The number of hydrogen-bond donors (Lipinski definition) is 2. The molecule has 6 aromatic carbocycles. The monoisotopic (exact) mass is 1120 g/mol. The Bertz CT molecular complexity index is 3960. The molecule has 0 aliphatic carbocycles. The molecule has 0 radical (unpaired) electrons. The minimum Gasteiger partial charge on any atom is -0.496 e. The SMILES string of the molecule is C=CC(=O)N1CCC(c2ccccc2-c2cc(OC)c3c(NS(=O)(=O)c4c(OC)ccc(/C=C\C(=O)N5CCC(c6cccc(-c7cc(OC)c8c(NS(=O)(=O)c9c(OC)cccc9OC)noc8c7)c6)C5)c4OC)noc3c2)C1. The molecule has 2 saturated heterocycles. The maximum Gasteiger partial charge on any atom is 0.270 e. The van der Waals surface area contributed by atoms with Crippen molar-refractivity contribution in [2.45, 2.75) is 34.5 Å². The Labute approximate surface area is 461 Å². The number of carbonyl (C=O) groups excluding carboxylic acids is 2. The highest BCUT2D eigenvalue weighted by Crippen LogP contribution is 2.45. The summed E-state index contributed by atoms with van der Waals surface area (Å²) in [6, 6.07) is 30.5. The molecule has 0 spiro atoms. The Morgan fingerprint density at radius 3 is 1.76 bits per heavy atom. The van der Waals surface area contributed by atoms with Crippen LogP contribution in [-0.4, -0.2) is 118 Å². The number of likely N-dealkylation sites (tertiary alicyclic amines) is 2. The van der Waals surface area contributed by atoms with Gasteiger partial charge in [-0.3, -0.25) is 19.0 Å². The van der Waals surface area contributed by atoms with Gasteiger partial charge in [0.25, 0.3) is 20.0 Å². The summed E-state index contributed by atoms with van der Waals surface area (Å²) < 4.78 is 107. The normalized spacial score (nSPS) is 15.6. The van der Waals surface area contributed by atoms with E-state index in [4.69, 9.17) is 37.5 Å². The molecule has 10 rings (SSSR count). The molecule has 2 atom stereocenters. The van der Waals surface area contributed by atoms with Crippen molar-refractivity contribution in [3.05, 3.63) is 139 Å². The zero-order chi connectivity index (χ0) is 56.5. The molecular formula is C58H56N6O14S2. The summed E-state index contributed by atoms with van der Waals surface area (Å²) >= 11 is 0. The Balaban J connectivity index is 0.851. The van der Waals surface area contributed by atoms with E-state index < -0.39 is 20.0 Å². The molecule has 2 N–H and O–H groups in total. The third-order valence-corrected chi connectivity index (χ3v) is 17.2. The molecule has 2 aliphatic heterocycles. The molecule has 2 unspecified atom stereocenters. The van der Waals surface area contributed by atoms with Gasteiger partial charge in [-0.05, 0) is 107 Å². The number of benzene rings is 6. The van der Waals surface area contributed by atoms with Crippen molar-refractivity contribution in [3.63, 3.8) is 0 Å². The maximum absolute atomic E-state index is 14.5. The number of ether oxygens (including phenoxy) is 6. The molecule has 80 heavy (non-hydrogen) atoms. The number of fused-ring (bicyclic) bond motifs is 2. The Kier molecular flexibility index (Phi) is 15.2. The van der Waals surface area contributed by atoms with Crippen LogP contribution < -0.4 is 37.9 Å². The van der Waals surface area contributed by atoms with E-state index >= 15 is 0 Å². The highest BCUT2D eigenvalue weighted by Gasteiger charge is 2.33. The minimum absolute atomic E-state index is 0.0259. The number of anilines is 2. The lowest BCUT2D eigenvalue weighted by Gasteiger charge is -2.18. The lowest BCUT2D eigenvalue weighted by molar-refractivity contribution is -0.125. The standard InChI is InChI=1S/C58H56N6O14S2/c1-8-50(65)63-26-24-38(33-63)41-15-9-10-16-42(41)40-30-47(75-6)53-49(31-40)78-60-58(53)62-80(69,70)56-45(73-4)21-19-34(54(56)76-7)20-22-51(66)64-25-23-37(32-64)35-13-11-14-36(27-35)39-28-46(74-5)52-48(29-39)77-59-57(52)61-79(67,68)55-43(71-2)17-12-18-44(55)72-3/h8-22,27-31,37-38H,1,23-26,32-33H2,2-7H3,(H,59,61)(H,60,62)/b22-20-. The number of aromatic nitrogens is 2. The molecule has 0 saturated carbocycles. The molecule has 0 bridgehead atoms. The molecular weight excluding hydrogens is 1070 g/mol. The van der Waals surface area contributed by atoms with Crippen molar-refractivity contribution >= 4 is 71.5 Å². The average Bonchev–Trinajstić information content (AvgIpc) is 4.42. The minimum atomic E-state index is -4.55. The van der Waals surface area contributed by atoms with E-state index in [1.807, 2.05) is 48.5 Å². The molecule has 2 aromatic heterocycles. The Morgan fingerprint density at radius 2 is 1.14 bits per heavy atom. The quantitative estimate of drug-likeness (QED) is 0.0716. The summed E-state index contributed by atoms with van der Waals surface area (Å²) in [5.41, 5.74) is 6.01. The smallest absolute Gasteiger partial charge is 0.270 e. The zero-order valence-corrected chi connectivity index (χ0v) is 46.1. The molecule has 4 heterocycles. The molecule has 2 fully saturated rings. The van der Waals surface area contributed by atoms with Gasteiger partial charge in [-0.2, -0.15) is 0 Å². The van der Waals surface area contributed by atoms with E-state index in [-0.39, 0.29) is 90.2 Å². The first kappa shape index (κ1) is 54.3. The second kappa shape index (κ2) is 22.4. The summed E-state index contributed by atoms with van der Waals surface area (Å²) in [6.45, 7) is 5.65. The summed E-state index contributed by atoms with van der Waals surface area (Å²) in [6.07, 6.45) is 5.65. The van der Waals surface area contributed by atoms with E-state index in [0.717, 1.165) is 34.2 Å². The summed E-state index contributed by atoms with van der Waals surface area (Å²) in [4.78, 5) is 29.2. The number of methoxy groups -OCH3 is 6. The maximum atomic E-state index is 14.5. The number of carbonyl (C=O) groups is 2. The molecule has 8 aromatic rings. The van der Waals surface area contributed by atoms with Crippen LogP contribution in [0.2, 0.25) is 0 Å². The fourth-order valence-corrected chi connectivity index (χ4v) is 13.2. The van der Waals surface area contributed by atoms with E-state index in [2.05, 4.69) is 26.3 Å². The van der Waals surface area contributed by atoms with Crippen molar-refractivity contribution in [3.8, 4) is 56.8 Å². The van der Waals surface area contributed by atoms with Crippen LogP contribution in [0.15, 0.2) is 141 Å². The Morgan fingerprint density at radius 1 is 0.588 bits per heavy atom. The number of hydrogen-bond acceptors (Lipinski definition) is 16. The Hall–Kier alpha value is -9.02. The predicted molar refractivity (Wildman–Crippen MR) is 300 cm³/mol. The van der Waals surface area contributed by atoms with Crippen LogP contribution in [0, 0.1) is 0 Å². The van der Waals surface area contributed by atoms with Gasteiger partial charge in [0.2, 0.25) is 11.8 Å². The summed E-state index contributed by atoms with van der Waals surface area (Å²) in [7, 11) is -0.538. The molecule has 22 heteroatoms. The third kappa shape index (κ3) is 10.3. The highest BCUT2D eigenvalue weighted by atomic mass is 32.2. The number of nitrogens with zero attached hydrogens (tertiary/aromatic N) is 4. The van der Waals surface area contributed by atoms with Crippen LogP contribution in [0.5, 0.6) is 34.5 Å². The first-order valence-electron chi connectivity index (χ1n) is 25.2. The first-order chi connectivity index (χ1) is 38.6. The highest BCUT2D eigenvalue weighted by molar-refractivity contribution is 7.93. The van der Waals surface area contributed by atoms with E-state index in [0.29, 0.717) is 55.0 Å². The van der Waals surface area contributed by atoms with E-state index in [1.54, 1.807) is 46.2 Å². The van der Waals surface area contributed by atoms with Gasteiger partial charge in [0, 0.05) is 49.7 Å². The van der Waals surface area contributed by atoms with Crippen LogP contribution >= 0.6 is 0 Å². The van der Waals surface area contributed by atoms with Gasteiger partial charge in [0.1, 0.15) is 45.3 Å². The fraction of sp³-hybridized carbons (Fsp3) is 0.241. The van der Waals surface area contributed by atoms with Crippen LogP contribution in [0.1, 0.15) is 41.4 Å². The second-order valence-corrected chi connectivity index (χ2v) is 22.1.